The number of ether oxygens (including phenoxy) is 2. The van der Waals surface area contributed by atoms with Crippen LogP contribution in [0.4, 0.5) is 0 Å². The smallest absolute Gasteiger partial charge is 0.114 e. The highest BCUT2D eigenvalue weighted by atomic mass is 16.6. The van der Waals surface area contributed by atoms with Crippen LogP contribution in [0.15, 0.2) is 30.3 Å². The normalized spacial score (nSPS) is 36.6. The van der Waals surface area contributed by atoms with Crippen LogP contribution in [0, 0.1) is 0 Å². The van der Waals surface area contributed by atoms with Gasteiger partial charge in [-0.1, -0.05) is 30.3 Å². The molecule has 0 radical (unpaired) electrons. The highest BCUT2D eigenvalue weighted by Crippen LogP contribution is 2.33. The summed E-state index contributed by atoms with van der Waals surface area (Å²) in [6, 6.07) is 9.20. The molecule has 3 N–H and O–H groups in total. The lowest BCUT2D eigenvalue weighted by Crippen LogP contribution is -2.56. The van der Waals surface area contributed by atoms with Crippen molar-refractivity contribution in [2.45, 2.75) is 30.5 Å². The first-order valence-electron chi connectivity index (χ1n) is 5.89. The van der Waals surface area contributed by atoms with E-state index in [0.717, 1.165) is 5.56 Å². The van der Waals surface area contributed by atoms with Gasteiger partial charge in [0.25, 0.3) is 0 Å². The van der Waals surface area contributed by atoms with Gasteiger partial charge in [0.05, 0.1) is 6.61 Å². The number of aliphatic hydroxyl groups excluding tert-OH is 3. The molecule has 0 bridgehead atoms. The van der Waals surface area contributed by atoms with Gasteiger partial charge >= 0.3 is 0 Å². The predicted molar refractivity (Wildman–Crippen MR) is 64.0 cm³/mol. The Bertz CT molecular complexity index is 369. The molecule has 0 aliphatic carbocycles. The minimum Gasteiger partial charge on any atom is -0.394 e. The zero-order valence-corrected chi connectivity index (χ0v) is 10.1. The van der Waals surface area contributed by atoms with Crippen LogP contribution in [0.25, 0.3) is 0 Å². The monoisotopic (exact) mass is 254 g/mol. The van der Waals surface area contributed by atoms with Crippen molar-refractivity contribution >= 4 is 0 Å². The van der Waals surface area contributed by atoms with E-state index in [1.54, 1.807) is 0 Å². The first-order valence-corrected chi connectivity index (χ1v) is 5.89. The van der Waals surface area contributed by atoms with Gasteiger partial charge in [-0.05, 0) is 5.56 Å². The third-order valence-electron chi connectivity index (χ3n) is 3.27. The topological polar surface area (TPSA) is 79.2 Å². The SMILES string of the molecule is COC1C(O)C(CO)OC(c2ccccc2)C1O. The van der Waals surface area contributed by atoms with Gasteiger partial charge in [-0.3, -0.25) is 0 Å². The second-order valence-corrected chi connectivity index (χ2v) is 4.37. The summed E-state index contributed by atoms with van der Waals surface area (Å²) in [6.45, 7) is -0.322. The molecule has 5 unspecified atom stereocenters. The van der Waals surface area contributed by atoms with E-state index in [-0.39, 0.29) is 6.61 Å². The van der Waals surface area contributed by atoms with Gasteiger partial charge < -0.3 is 24.8 Å². The van der Waals surface area contributed by atoms with Gasteiger partial charge in [-0.2, -0.15) is 0 Å². The fourth-order valence-corrected chi connectivity index (χ4v) is 2.28. The third kappa shape index (κ3) is 2.41. The van der Waals surface area contributed by atoms with E-state index >= 15 is 0 Å². The molecule has 5 heteroatoms. The molecule has 0 spiro atoms. The average molecular weight is 254 g/mol. The van der Waals surface area contributed by atoms with Crippen molar-refractivity contribution in [1.82, 2.24) is 0 Å². The molecule has 18 heavy (non-hydrogen) atoms. The fraction of sp³-hybridized carbons (Fsp3) is 0.538. The Labute approximate surface area is 106 Å². The molecule has 5 nitrogen and oxygen atoms in total. The first kappa shape index (κ1) is 13.5. The van der Waals surface area contributed by atoms with Crippen LogP contribution in [-0.4, -0.2) is 53.5 Å². The second kappa shape index (κ2) is 5.77. The molecule has 0 amide bonds. The maximum Gasteiger partial charge on any atom is 0.114 e. The molecule has 2 rings (SSSR count). The van der Waals surface area contributed by atoms with E-state index in [1.165, 1.54) is 7.11 Å². The van der Waals surface area contributed by atoms with Crippen LogP contribution < -0.4 is 0 Å². The summed E-state index contributed by atoms with van der Waals surface area (Å²) in [5, 5.41) is 29.3. The van der Waals surface area contributed by atoms with Gasteiger partial charge in [-0.15, -0.1) is 0 Å². The van der Waals surface area contributed by atoms with Crippen LogP contribution in [0.5, 0.6) is 0 Å². The molecule has 1 aliphatic heterocycles. The zero-order chi connectivity index (χ0) is 13.1. The first-order chi connectivity index (χ1) is 8.69. The lowest BCUT2D eigenvalue weighted by molar-refractivity contribution is -0.238. The maximum absolute atomic E-state index is 10.2. The molecule has 1 aromatic rings. The maximum atomic E-state index is 10.2. The van der Waals surface area contributed by atoms with Crippen molar-refractivity contribution in [3.05, 3.63) is 35.9 Å². The zero-order valence-electron chi connectivity index (χ0n) is 10.1. The van der Waals surface area contributed by atoms with Gasteiger partial charge in [0.2, 0.25) is 0 Å². The Kier molecular flexibility index (Phi) is 4.31. The molecule has 5 atom stereocenters. The van der Waals surface area contributed by atoms with E-state index < -0.39 is 30.5 Å². The van der Waals surface area contributed by atoms with Crippen molar-refractivity contribution in [2.24, 2.45) is 0 Å². The summed E-state index contributed by atoms with van der Waals surface area (Å²) in [5.41, 5.74) is 0.789. The molecule has 1 saturated heterocycles. The third-order valence-corrected chi connectivity index (χ3v) is 3.27. The van der Waals surface area contributed by atoms with E-state index in [1.807, 2.05) is 30.3 Å². The van der Waals surface area contributed by atoms with Crippen LogP contribution in [0.1, 0.15) is 11.7 Å². The van der Waals surface area contributed by atoms with Crippen LogP contribution in [0.3, 0.4) is 0 Å². The van der Waals surface area contributed by atoms with Gasteiger partial charge in [0.15, 0.2) is 0 Å². The van der Waals surface area contributed by atoms with Gasteiger partial charge in [-0.25, -0.2) is 0 Å². The Morgan fingerprint density at radius 3 is 2.39 bits per heavy atom. The highest BCUT2D eigenvalue weighted by molar-refractivity contribution is 5.20. The number of hydrogen-bond donors (Lipinski definition) is 3. The standard InChI is InChI=1S/C13H18O5/c1-17-13-10(15)9(7-14)18-12(11(13)16)8-5-3-2-4-6-8/h2-6,9-16H,7H2,1H3. The van der Waals surface area contributed by atoms with Crippen molar-refractivity contribution in [3.8, 4) is 0 Å². The predicted octanol–water partition coefficient (Wildman–Crippen LogP) is -0.144. The molecule has 1 heterocycles. The molecule has 0 saturated carbocycles. The number of methoxy groups -OCH3 is 1. The van der Waals surface area contributed by atoms with Gasteiger partial charge in [0, 0.05) is 7.11 Å². The van der Waals surface area contributed by atoms with E-state index in [9.17, 15) is 15.3 Å². The summed E-state index contributed by atoms with van der Waals surface area (Å²) < 4.78 is 10.7. The lowest BCUT2D eigenvalue weighted by atomic mass is 9.91. The summed E-state index contributed by atoms with van der Waals surface area (Å²) in [5.74, 6) is 0. The summed E-state index contributed by atoms with van der Waals surface area (Å²) in [4.78, 5) is 0. The van der Waals surface area contributed by atoms with Crippen molar-refractivity contribution in [3.63, 3.8) is 0 Å². The quantitative estimate of drug-likeness (QED) is 0.699. The fourth-order valence-electron chi connectivity index (χ4n) is 2.28. The molecule has 0 aromatic heterocycles. The largest absolute Gasteiger partial charge is 0.394 e. The summed E-state index contributed by atoms with van der Waals surface area (Å²) in [7, 11) is 1.42. The Hall–Kier alpha value is -0.980. The van der Waals surface area contributed by atoms with E-state index in [4.69, 9.17) is 9.47 Å². The molecule has 100 valence electrons. The number of rotatable bonds is 3. The highest BCUT2D eigenvalue weighted by Gasteiger charge is 2.44. The molecule has 1 aliphatic rings. The minimum atomic E-state index is -1.05. The number of hydrogen-bond acceptors (Lipinski definition) is 5. The minimum absolute atomic E-state index is 0.322. The number of aliphatic hydroxyl groups is 3. The van der Waals surface area contributed by atoms with Crippen molar-refractivity contribution in [2.75, 3.05) is 13.7 Å². The average Bonchev–Trinajstić information content (AvgIpc) is 2.41. The molecular formula is C13H18O5. The van der Waals surface area contributed by atoms with Crippen molar-refractivity contribution in [1.29, 1.82) is 0 Å². The molecule has 1 fully saturated rings. The van der Waals surface area contributed by atoms with Gasteiger partial charge in [0.1, 0.15) is 30.5 Å². The molecular weight excluding hydrogens is 236 g/mol. The van der Waals surface area contributed by atoms with Crippen LogP contribution in [0.2, 0.25) is 0 Å². The summed E-state index contributed by atoms with van der Waals surface area (Å²) >= 11 is 0. The van der Waals surface area contributed by atoms with E-state index in [2.05, 4.69) is 0 Å². The van der Waals surface area contributed by atoms with Crippen molar-refractivity contribution < 1.29 is 24.8 Å². The number of benzene rings is 1. The van der Waals surface area contributed by atoms with Crippen LogP contribution >= 0.6 is 0 Å². The Morgan fingerprint density at radius 1 is 1.17 bits per heavy atom. The lowest BCUT2D eigenvalue weighted by Gasteiger charge is -2.41. The van der Waals surface area contributed by atoms with Crippen LogP contribution in [-0.2, 0) is 9.47 Å². The Morgan fingerprint density at radius 2 is 1.83 bits per heavy atom. The van der Waals surface area contributed by atoms with E-state index in [0.29, 0.717) is 0 Å². The second-order valence-electron chi connectivity index (χ2n) is 4.37. The summed E-state index contributed by atoms with van der Waals surface area (Å²) in [6.07, 6.45) is -4.17. The molecule has 1 aromatic carbocycles. The Balaban J connectivity index is 2.25.